The van der Waals surface area contributed by atoms with E-state index in [1.807, 2.05) is 60.7 Å². The van der Waals surface area contributed by atoms with Gasteiger partial charge in [-0.2, -0.15) is 0 Å². The number of benzene rings is 2. The summed E-state index contributed by atoms with van der Waals surface area (Å²) in [6.45, 7) is 0.800. The fourth-order valence-electron chi connectivity index (χ4n) is 2.14. The van der Waals surface area contributed by atoms with Crippen molar-refractivity contribution in [1.29, 1.82) is 0 Å². The zero-order chi connectivity index (χ0) is 16.5. The topological polar surface area (TPSA) is 78.4 Å². The third kappa shape index (κ3) is 5.92. The van der Waals surface area contributed by atoms with Gasteiger partial charge in [-0.3, -0.25) is 14.9 Å². The Morgan fingerprint density at radius 1 is 0.870 bits per heavy atom. The van der Waals surface area contributed by atoms with Crippen molar-refractivity contribution in [1.82, 2.24) is 10.6 Å². The normalized spacial score (nSPS) is 11.7. The van der Waals surface area contributed by atoms with Gasteiger partial charge in [-0.25, -0.2) is 0 Å². The van der Waals surface area contributed by atoms with Gasteiger partial charge in [-0.15, -0.1) is 0 Å². The molecule has 0 aliphatic rings. The zero-order valence-corrected chi connectivity index (χ0v) is 12.7. The lowest BCUT2D eigenvalue weighted by Crippen LogP contribution is -2.40. The molecule has 0 radical (unpaired) electrons. The van der Waals surface area contributed by atoms with E-state index in [4.69, 9.17) is 0 Å². The number of rotatable bonds is 8. The molecule has 0 aliphatic heterocycles. The van der Waals surface area contributed by atoms with Crippen molar-refractivity contribution in [3.63, 3.8) is 0 Å². The molecular formula is C18H20N2O3. The summed E-state index contributed by atoms with van der Waals surface area (Å²) in [5.41, 5.74) is 1.95. The maximum absolute atomic E-state index is 11.9. The monoisotopic (exact) mass is 312 g/mol. The number of carboxylic acids is 1. The number of amides is 1. The van der Waals surface area contributed by atoms with E-state index < -0.39 is 12.0 Å². The van der Waals surface area contributed by atoms with Crippen molar-refractivity contribution in [2.24, 2.45) is 0 Å². The van der Waals surface area contributed by atoms with Crippen molar-refractivity contribution in [2.75, 3.05) is 0 Å². The molecule has 23 heavy (non-hydrogen) atoms. The van der Waals surface area contributed by atoms with Crippen molar-refractivity contribution in [3.05, 3.63) is 71.8 Å². The van der Waals surface area contributed by atoms with Gasteiger partial charge in [0.2, 0.25) is 5.91 Å². The van der Waals surface area contributed by atoms with Crippen molar-refractivity contribution < 1.29 is 14.7 Å². The largest absolute Gasteiger partial charge is 0.480 e. The van der Waals surface area contributed by atoms with Gasteiger partial charge >= 0.3 is 5.97 Å². The molecule has 0 saturated heterocycles. The zero-order valence-electron chi connectivity index (χ0n) is 12.7. The second-order valence-electron chi connectivity index (χ2n) is 5.22. The number of hydrogen-bond donors (Lipinski definition) is 3. The van der Waals surface area contributed by atoms with Crippen LogP contribution in [0, 0.1) is 0 Å². The standard InChI is InChI=1S/C18H20N2O3/c21-17(20-13-15-9-5-2-6-10-15)11-16(18(22)23)19-12-14-7-3-1-4-8-14/h1-10,16,19H,11-13H2,(H,20,21)(H,22,23)/t16-/m0/s1. The number of hydrogen-bond acceptors (Lipinski definition) is 3. The Morgan fingerprint density at radius 3 is 1.91 bits per heavy atom. The molecule has 1 atom stereocenters. The molecule has 0 aliphatic carbocycles. The van der Waals surface area contributed by atoms with Crippen LogP contribution in [0.2, 0.25) is 0 Å². The third-order valence-corrected chi connectivity index (χ3v) is 3.42. The second-order valence-corrected chi connectivity index (χ2v) is 5.22. The van der Waals surface area contributed by atoms with Crippen LogP contribution in [0.1, 0.15) is 17.5 Å². The van der Waals surface area contributed by atoms with Gasteiger partial charge in [0.1, 0.15) is 6.04 Å². The van der Waals surface area contributed by atoms with Gasteiger partial charge in [0.25, 0.3) is 0 Å². The Hall–Kier alpha value is -2.66. The van der Waals surface area contributed by atoms with Crippen molar-refractivity contribution in [3.8, 4) is 0 Å². The van der Waals surface area contributed by atoms with E-state index in [2.05, 4.69) is 10.6 Å². The Bertz CT molecular complexity index is 629. The van der Waals surface area contributed by atoms with E-state index in [-0.39, 0.29) is 12.3 Å². The molecule has 0 fully saturated rings. The molecule has 2 aromatic rings. The molecule has 5 nitrogen and oxygen atoms in total. The van der Waals surface area contributed by atoms with E-state index in [1.165, 1.54) is 0 Å². The van der Waals surface area contributed by atoms with Crippen molar-refractivity contribution >= 4 is 11.9 Å². The molecule has 2 aromatic carbocycles. The molecular weight excluding hydrogens is 292 g/mol. The first-order chi connectivity index (χ1) is 11.1. The van der Waals surface area contributed by atoms with Crippen LogP contribution in [0.15, 0.2) is 60.7 Å². The average molecular weight is 312 g/mol. The maximum atomic E-state index is 11.9. The predicted molar refractivity (Wildman–Crippen MR) is 87.6 cm³/mol. The first kappa shape index (κ1) is 16.7. The van der Waals surface area contributed by atoms with E-state index in [1.54, 1.807) is 0 Å². The van der Waals surface area contributed by atoms with Gasteiger partial charge in [0.15, 0.2) is 0 Å². The maximum Gasteiger partial charge on any atom is 0.321 e. The highest BCUT2D eigenvalue weighted by atomic mass is 16.4. The Morgan fingerprint density at radius 2 is 1.39 bits per heavy atom. The van der Waals surface area contributed by atoms with Crippen LogP contribution in [-0.2, 0) is 22.7 Å². The average Bonchev–Trinajstić information content (AvgIpc) is 2.58. The summed E-state index contributed by atoms with van der Waals surface area (Å²) in [4.78, 5) is 23.2. The molecule has 0 spiro atoms. The van der Waals surface area contributed by atoms with E-state index >= 15 is 0 Å². The molecule has 2 rings (SSSR count). The number of carboxylic acid groups (broad SMARTS) is 1. The lowest BCUT2D eigenvalue weighted by molar-refractivity contribution is -0.141. The summed E-state index contributed by atoms with van der Waals surface area (Å²) in [6, 6.07) is 18.1. The Kier molecular flexibility index (Phi) is 6.32. The van der Waals surface area contributed by atoms with Crippen LogP contribution in [0.3, 0.4) is 0 Å². The summed E-state index contributed by atoms with van der Waals surface area (Å²) in [5, 5.41) is 14.9. The molecule has 1 amide bonds. The van der Waals surface area contributed by atoms with Crippen LogP contribution in [-0.4, -0.2) is 23.0 Å². The number of aliphatic carboxylic acids is 1. The summed E-state index contributed by atoms with van der Waals surface area (Å²) in [5.74, 6) is -1.32. The van der Waals surface area contributed by atoms with Crippen LogP contribution in [0.4, 0.5) is 0 Å². The van der Waals surface area contributed by atoms with Crippen LogP contribution < -0.4 is 10.6 Å². The molecule has 0 bridgehead atoms. The quantitative estimate of drug-likeness (QED) is 0.696. The third-order valence-electron chi connectivity index (χ3n) is 3.42. The lowest BCUT2D eigenvalue weighted by Gasteiger charge is -2.14. The summed E-state index contributed by atoms with van der Waals surface area (Å²) in [6.07, 6.45) is -0.102. The highest BCUT2D eigenvalue weighted by molar-refractivity contribution is 5.84. The van der Waals surface area contributed by atoms with Gasteiger partial charge < -0.3 is 10.4 Å². The summed E-state index contributed by atoms with van der Waals surface area (Å²) in [7, 11) is 0. The van der Waals surface area contributed by atoms with E-state index in [0.717, 1.165) is 11.1 Å². The smallest absolute Gasteiger partial charge is 0.321 e. The minimum atomic E-state index is -1.03. The lowest BCUT2D eigenvalue weighted by atomic mass is 10.1. The first-order valence-electron chi connectivity index (χ1n) is 7.46. The van der Waals surface area contributed by atoms with Crippen LogP contribution >= 0.6 is 0 Å². The first-order valence-corrected chi connectivity index (χ1v) is 7.46. The predicted octanol–water partition coefficient (Wildman–Crippen LogP) is 1.94. The highest BCUT2D eigenvalue weighted by Gasteiger charge is 2.20. The molecule has 0 heterocycles. The number of carbonyl (C=O) groups excluding carboxylic acids is 1. The molecule has 0 aromatic heterocycles. The molecule has 120 valence electrons. The summed E-state index contributed by atoms with van der Waals surface area (Å²) >= 11 is 0. The number of carbonyl (C=O) groups is 2. The van der Waals surface area contributed by atoms with Gasteiger partial charge in [0.05, 0.1) is 6.42 Å². The van der Waals surface area contributed by atoms with Gasteiger partial charge in [0, 0.05) is 13.1 Å². The number of nitrogens with one attached hydrogen (secondary N) is 2. The fourth-order valence-corrected chi connectivity index (χ4v) is 2.14. The molecule has 0 unspecified atom stereocenters. The van der Waals surface area contributed by atoms with Crippen LogP contribution in [0.5, 0.6) is 0 Å². The summed E-state index contributed by atoms with van der Waals surface area (Å²) < 4.78 is 0. The van der Waals surface area contributed by atoms with Crippen molar-refractivity contribution in [2.45, 2.75) is 25.6 Å². The molecule has 0 saturated carbocycles. The van der Waals surface area contributed by atoms with Gasteiger partial charge in [-0.05, 0) is 11.1 Å². The second kappa shape index (κ2) is 8.70. The van der Waals surface area contributed by atoms with Crippen LogP contribution in [0.25, 0.3) is 0 Å². The molecule has 3 N–H and O–H groups in total. The fraction of sp³-hybridized carbons (Fsp3) is 0.222. The van der Waals surface area contributed by atoms with E-state index in [0.29, 0.717) is 13.1 Å². The highest BCUT2D eigenvalue weighted by Crippen LogP contribution is 2.02. The SMILES string of the molecule is O=C(C[C@H](NCc1ccccc1)C(=O)O)NCc1ccccc1. The van der Waals surface area contributed by atoms with Gasteiger partial charge in [-0.1, -0.05) is 60.7 Å². The Labute approximate surface area is 135 Å². The Balaban J connectivity index is 1.81. The minimum Gasteiger partial charge on any atom is -0.480 e. The minimum absolute atomic E-state index is 0.102. The molecule has 5 heteroatoms. The van der Waals surface area contributed by atoms with E-state index in [9.17, 15) is 14.7 Å².